The Morgan fingerprint density at radius 2 is 2.18 bits per heavy atom. The molecule has 6 heteroatoms. The van der Waals surface area contributed by atoms with Crippen LogP contribution in [0.1, 0.15) is 26.2 Å². The second kappa shape index (κ2) is 4.48. The standard InChI is InChI=1S/C11H20N2O2S2/c1-9-7-17(14,15)5-4-13(9)8-11(2-3-11)6-10(12)16/h9H,2-8H2,1H3,(H2,12,16). The molecule has 0 amide bonds. The van der Waals surface area contributed by atoms with E-state index in [1.165, 1.54) is 12.8 Å². The molecule has 1 saturated heterocycles. The van der Waals surface area contributed by atoms with E-state index < -0.39 is 9.84 Å². The number of nitrogens with zero attached hydrogens (tertiary/aromatic N) is 1. The van der Waals surface area contributed by atoms with Crippen LogP contribution < -0.4 is 5.73 Å². The molecule has 0 spiro atoms. The summed E-state index contributed by atoms with van der Waals surface area (Å²) in [5.74, 6) is 0.580. The van der Waals surface area contributed by atoms with Gasteiger partial charge >= 0.3 is 0 Å². The molecule has 0 aromatic carbocycles. The van der Waals surface area contributed by atoms with Crippen molar-refractivity contribution in [3.63, 3.8) is 0 Å². The smallest absolute Gasteiger partial charge is 0.153 e. The Bertz CT molecular complexity index is 415. The number of hydrogen-bond acceptors (Lipinski definition) is 4. The lowest BCUT2D eigenvalue weighted by atomic mass is 10.0. The molecule has 2 aliphatic rings. The van der Waals surface area contributed by atoms with Crippen molar-refractivity contribution < 1.29 is 8.42 Å². The van der Waals surface area contributed by atoms with Gasteiger partial charge in [0.2, 0.25) is 0 Å². The predicted molar refractivity (Wildman–Crippen MR) is 72.8 cm³/mol. The van der Waals surface area contributed by atoms with Crippen LogP contribution in [0.25, 0.3) is 0 Å². The number of hydrogen-bond donors (Lipinski definition) is 1. The van der Waals surface area contributed by atoms with Crippen molar-refractivity contribution in [1.29, 1.82) is 0 Å². The van der Waals surface area contributed by atoms with Gasteiger partial charge in [-0.05, 0) is 25.2 Å². The Morgan fingerprint density at radius 3 is 2.65 bits per heavy atom. The first-order valence-corrected chi connectivity index (χ1v) is 8.28. The van der Waals surface area contributed by atoms with Crippen LogP contribution in [0.3, 0.4) is 0 Å². The van der Waals surface area contributed by atoms with Gasteiger partial charge in [-0.1, -0.05) is 12.2 Å². The van der Waals surface area contributed by atoms with E-state index in [1.54, 1.807) is 0 Å². The minimum atomic E-state index is -2.82. The fourth-order valence-corrected chi connectivity index (χ4v) is 4.57. The Balaban J connectivity index is 1.94. The lowest BCUT2D eigenvalue weighted by Gasteiger charge is -2.35. The highest BCUT2D eigenvalue weighted by atomic mass is 32.2. The van der Waals surface area contributed by atoms with Crippen molar-refractivity contribution in [2.75, 3.05) is 24.6 Å². The molecule has 1 atom stereocenters. The monoisotopic (exact) mass is 276 g/mol. The molecule has 17 heavy (non-hydrogen) atoms. The first-order valence-electron chi connectivity index (χ1n) is 6.05. The van der Waals surface area contributed by atoms with E-state index >= 15 is 0 Å². The summed E-state index contributed by atoms with van der Waals surface area (Å²) in [5.41, 5.74) is 5.87. The van der Waals surface area contributed by atoms with Crippen LogP contribution in [-0.2, 0) is 9.84 Å². The van der Waals surface area contributed by atoms with Crippen LogP contribution in [0, 0.1) is 5.41 Å². The Labute approximate surface area is 108 Å². The van der Waals surface area contributed by atoms with Crippen LogP contribution in [0.15, 0.2) is 0 Å². The molecule has 2 fully saturated rings. The second-order valence-corrected chi connectivity index (χ2v) is 8.33. The fourth-order valence-electron chi connectivity index (χ4n) is 2.64. The average Bonchev–Trinajstić information content (AvgIpc) is 2.89. The summed E-state index contributed by atoms with van der Waals surface area (Å²) < 4.78 is 23.0. The molecule has 98 valence electrons. The Hall–Kier alpha value is -0.200. The molecule has 4 nitrogen and oxygen atoms in total. The quantitative estimate of drug-likeness (QED) is 0.760. The summed E-state index contributed by atoms with van der Waals surface area (Å²) in [7, 11) is -2.82. The lowest BCUT2D eigenvalue weighted by molar-refractivity contribution is 0.184. The summed E-state index contributed by atoms with van der Waals surface area (Å²) >= 11 is 4.98. The number of rotatable bonds is 4. The van der Waals surface area contributed by atoms with E-state index in [4.69, 9.17) is 18.0 Å². The summed E-state index contributed by atoms with van der Waals surface area (Å²) in [6, 6.07) is 0.123. The van der Waals surface area contributed by atoms with Crippen LogP contribution >= 0.6 is 12.2 Å². The van der Waals surface area contributed by atoms with Crippen molar-refractivity contribution in [1.82, 2.24) is 4.90 Å². The molecule has 0 radical (unpaired) electrons. The SMILES string of the molecule is CC1CS(=O)(=O)CCN1CC1(CC(N)=S)CC1. The summed E-state index contributed by atoms with van der Waals surface area (Å²) in [5, 5.41) is 0. The van der Waals surface area contributed by atoms with Gasteiger partial charge in [-0.3, -0.25) is 4.90 Å². The molecule has 0 aromatic heterocycles. The highest BCUT2D eigenvalue weighted by Crippen LogP contribution is 2.49. The molecular formula is C11H20N2O2S2. The Morgan fingerprint density at radius 1 is 1.53 bits per heavy atom. The second-order valence-electron chi connectivity index (χ2n) is 5.58. The normalized spacial score (nSPS) is 31.0. The Kier molecular flexibility index (Phi) is 3.49. The molecule has 1 aliphatic carbocycles. The zero-order valence-corrected chi connectivity index (χ0v) is 11.8. The van der Waals surface area contributed by atoms with E-state index in [0.29, 0.717) is 17.3 Å². The molecule has 1 aliphatic heterocycles. The average molecular weight is 276 g/mol. The van der Waals surface area contributed by atoms with Crippen molar-refractivity contribution in [3.05, 3.63) is 0 Å². The van der Waals surface area contributed by atoms with Crippen molar-refractivity contribution in [2.45, 2.75) is 32.2 Å². The van der Waals surface area contributed by atoms with Crippen LogP contribution in [0.4, 0.5) is 0 Å². The minimum absolute atomic E-state index is 0.123. The van der Waals surface area contributed by atoms with Gasteiger partial charge in [0.1, 0.15) is 0 Å². The third-order valence-corrected chi connectivity index (χ3v) is 5.79. The summed E-state index contributed by atoms with van der Waals surface area (Å²) in [4.78, 5) is 2.87. The summed E-state index contributed by atoms with van der Waals surface area (Å²) in [6.07, 6.45) is 3.14. The van der Waals surface area contributed by atoms with Crippen molar-refractivity contribution in [2.24, 2.45) is 11.1 Å². The first kappa shape index (κ1) is 13.2. The molecular weight excluding hydrogens is 256 g/mol. The highest BCUT2D eigenvalue weighted by molar-refractivity contribution is 7.91. The van der Waals surface area contributed by atoms with E-state index in [-0.39, 0.29) is 17.2 Å². The van der Waals surface area contributed by atoms with E-state index in [0.717, 1.165) is 13.0 Å². The maximum atomic E-state index is 11.5. The fraction of sp³-hybridized carbons (Fsp3) is 0.909. The highest BCUT2D eigenvalue weighted by Gasteiger charge is 2.45. The molecule has 1 heterocycles. The van der Waals surface area contributed by atoms with Crippen LogP contribution in [-0.4, -0.2) is 48.9 Å². The van der Waals surface area contributed by atoms with Gasteiger partial charge in [0.15, 0.2) is 9.84 Å². The minimum Gasteiger partial charge on any atom is -0.393 e. The molecule has 2 rings (SSSR count). The molecule has 0 aromatic rings. The van der Waals surface area contributed by atoms with Gasteiger partial charge in [-0.25, -0.2) is 8.42 Å². The van der Waals surface area contributed by atoms with Gasteiger partial charge in [-0.2, -0.15) is 0 Å². The molecule has 2 N–H and O–H groups in total. The predicted octanol–water partition coefficient (Wildman–Crippen LogP) is 0.562. The van der Waals surface area contributed by atoms with Crippen LogP contribution in [0.2, 0.25) is 0 Å². The van der Waals surface area contributed by atoms with Gasteiger partial charge in [-0.15, -0.1) is 0 Å². The van der Waals surface area contributed by atoms with Gasteiger partial charge in [0.05, 0.1) is 16.5 Å². The zero-order chi connectivity index (χ0) is 12.7. The number of sulfone groups is 1. The van der Waals surface area contributed by atoms with Crippen molar-refractivity contribution >= 4 is 27.0 Å². The van der Waals surface area contributed by atoms with Crippen LogP contribution in [0.5, 0.6) is 0 Å². The maximum Gasteiger partial charge on any atom is 0.153 e. The van der Waals surface area contributed by atoms with Gasteiger partial charge in [0, 0.05) is 25.6 Å². The number of nitrogens with two attached hydrogens (primary N) is 1. The lowest BCUT2D eigenvalue weighted by Crippen LogP contribution is -2.49. The van der Waals surface area contributed by atoms with Crippen molar-refractivity contribution in [3.8, 4) is 0 Å². The maximum absolute atomic E-state index is 11.5. The summed E-state index contributed by atoms with van der Waals surface area (Å²) in [6.45, 7) is 3.59. The van der Waals surface area contributed by atoms with Gasteiger partial charge < -0.3 is 5.73 Å². The largest absolute Gasteiger partial charge is 0.393 e. The van der Waals surface area contributed by atoms with E-state index in [2.05, 4.69) is 4.90 Å². The zero-order valence-electron chi connectivity index (χ0n) is 10.2. The third kappa shape index (κ3) is 3.39. The molecule has 1 saturated carbocycles. The third-order valence-electron chi connectivity index (χ3n) is 3.85. The molecule has 0 bridgehead atoms. The van der Waals surface area contributed by atoms with E-state index in [1.807, 2.05) is 6.92 Å². The first-order chi connectivity index (χ1) is 7.82. The number of thiocarbonyl (C=S) groups is 1. The van der Waals surface area contributed by atoms with E-state index in [9.17, 15) is 8.42 Å². The molecule has 1 unspecified atom stereocenters. The van der Waals surface area contributed by atoms with Gasteiger partial charge in [0.25, 0.3) is 0 Å². The topological polar surface area (TPSA) is 63.4 Å².